The van der Waals surface area contributed by atoms with E-state index in [2.05, 4.69) is 10.6 Å². The predicted octanol–water partition coefficient (Wildman–Crippen LogP) is 2.63. The van der Waals surface area contributed by atoms with Gasteiger partial charge >= 0.3 is 0 Å². The van der Waals surface area contributed by atoms with E-state index < -0.39 is 6.04 Å². The third-order valence-corrected chi connectivity index (χ3v) is 6.39. The molecule has 2 aromatic carbocycles. The minimum absolute atomic E-state index is 0.0268. The van der Waals surface area contributed by atoms with Crippen LogP contribution in [0.4, 0.5) is 0 Å². The van der Waals surface area contributed by atoms with E-state index in [1.54, 1.807) is 12.1 Å². The van der Waals surface area contributed by atoms with Gasteiger partial charge in [0.15, 0.2) is 0 Å². The highest BCUT2D eigenvalue weighted by atomic mass is 16.2. The molecule has 0 aromatic heterocycles. The number of rotatable bonds is 5. The Labute approximate surface area is 172 Å². The zero-order chi connectivity index (χ0) is 20.1. The normalized spacial score (nSPS) is 19.1. The summed E-state index contributed by atoms with van der Waals surface area (Å²) in [6, 6.07) is 18.4. The second-order valence-electron chi connectivity index (χ2n) is 8.33. The molecule has 5 heteroatoms. The smallest absolute Gasteiger partial charge is 0.251 e. The first kappa shape index (κ1) is 19.6. The summed E-state index contributed by atoms with van der Waals surface area (Å²) >= 11 is 0. The van der Waals surface area contributed by atoms with Crippen molar-refractivity contribution < 1.29 is 9.59 Å². The van der Waals surface area contributed by atoms with Crippen molar-refractivity contribution in [2.24, 2.45) is 5.41 Å². The molecule has 2 saturated heterocycles. The van der Waals surface area contributed by atoms with Crippen LogP contribution in [0.3, 0.4) is 0 Å². The molecule has 0 saturated carbocycles. The summed E-state index contributed by atoms with van der Waals surface area (Å²) in [4.78, 5) is 28.1. The van der Waals surface area contributed by atoms with Crippen LogP contribution in [0.1, 0.15) is 35.2 Å². The summed E-state index contributed by atoms with van der Waals surface area (Å²) < 4.78 is 0. The molecule has 5 nitrogen and oxygen atoms in total. The molecule has 2 aliphatic heterocycles. The van der Waals surface area contributed by atoms with Crippen LogP contribution in [0, 0.1) is 5.41 Å². The third kappa shape index (κ3) is 4.67. The number of benzene rings is 2. The number of hydrogen-bond acceptors (Lipinski definition) is 3. The number of carbonyl (C=O) groups excluding carboxylic acids is 2. The van der Waals surface area contributed by atoms with Crippen LogP contribution in [0.2, 0.25) is 0 Å². The van der Waals surface area contributed by atoms with E-state index in [0.29, 0.717) is 17.4 Å². The molecule has 2 fully saturated rings. The first-order valence-corrected chi connectivity index (χ1v) is 10.5. The molecule has 29 heavy (non-hydrogen) atoms. The van der Waals surface area contributed by atoms with E-state index in [4.69, 9.17) is 0 Å². The van der Waals surface area contributed by atoms with Gasteiger partial charge in [-0.3, -0.25) is 9.59 Å². The average Bonchev–Trinajstić information content (AvgIpc) is 3.22. The standard InChI is InChI=1S/C24H29N3O2/c28-22(20-9-5-2-6-10-20)26-21(17-19-7-3-1-4-8-19)23(29)27-15-12-24(13-16-27)11-14-25-18-24/h1-10,21,25H,11-18H2,(H,26,28). The van der Waals surface area contributed by atoms with Crippen LogP contribution in [-0.4, -0.2) is 48.9 Å². The number of amides is 2. The molecule has 2 heterocycles. The molecule has 2 amide bonds. The maximum atomic E-state index is 13.4. The third-order valence-electron chi connectivity index (χ3n) is 6.39. The van der Waals surface area contributed by atoms with Gasteiger partial charge in [-0.05, 0) is 48.9 Å². The van der Waals surface area contributed by atoms with Gasteiger partial charge in [-0.25, -0.2) is 0 Å². The van der Waals surface area contributed by atoms with Gasteiger partial charge in [-0.1, -0.05) is 48.5 Å². The second-order valence-corrected chi connectivity index (χ2v) is 8.33. The zero-order valence-electron chi connectivity index (χ0n) is 16.8. The van der Waals surface area contributed by atoms with Crippen molar-refractivity contribution in [2.75, 3.05) is 26.2 Å². The highest BCUT2D eigenvalue weighted by molar-refractivity contribution is 5.97. The van der Waals surface area contributed by atoms with Crippen LogP contribution in [0.25, 0.3) is 0 Å². The van der Waals surface area contributed by atoms with Gasteiger partial charge in [-0.15, -0.1) is 0 Å². The van der Waals surface area contributed by atoms with E-state index in [1.807, 2.05) is 53.4 Å². The Morgan fingerprint density at radius 2 is 1.62 bits per heavy atom. The van der Waals surface area contributed by atoms with E-state index in [9.17, 15) is 9.59 Å². The fraction of sp³-hybridized carbons (Fsp3) is 0.417. The van der Waals surface area contributed by atoms with Gasteiger partial charge in [0.25, 0.3) is 5.91 Å². The Morgan fingerprint density at radius 1 is 0.966 bits per heavy atom. The Kier molecular flexibility index (Phi) is 5.95. The van der Waals surface area contributed by atoms with Gasteiger partial charge < -0.3 is 15.5 Å². The van der Waals surface area contributed by atoms with E-state index in [-0.39, 0.29) is 11.8 Å². The van der Waals surface area contributed by atoms with Gasteiger partial charge in [0.05, 0.1) is 0 Å². The molecule has 2 aromatic rings. The quantitative estimate of drug-likeness (QED) is 0.824. The Balaban J connectivity index is 1.47. The van der Waals surface area contributed by atoms with Gasteiger partial charge in [0.1, 0.15) is 6.04 Å². The number of piperidine rings is 1. The molecular weight excluding hydrogens is 362 g/mol. The number of hydrogen-bond donors (Lipinski definition) is 2. The van der Waals surface area contributed by atoms with Crippen molar-refractivity contribution in [2.45, 2.75) is 31.7 Å². The Morgan fingerprint density at radius 3 is 2.24 bits per heavy atom. The highest BCUT2D eigenvalue weighted by Crippen LogP contribution is 2.37. The lowest BCUT2D eigenvalue weighted by Crippen LogP contribution is -2.53. The lowest BCUT2D eigenvalue weighted by atomic mass is 9.77. The molecule has 4 rings (SSSR count). The van der Waals surface area contributed by atoms with Crippen molar-refractivity contribution >= 4 is 11.8 Å². The second kappa shape index (κ2) is 8.78. The van der Waals surface area contributed by atoms with Crippen molar-refractivity contribution in [1.29, 1.82) is 0 Å². The van der Waals surface area contributed by atoms with Crippen LogP contribution < -0.4 is 10.6 Å². The van der Waals surface area contributed by atoms with Gasteiger partial charge in [0.2, 0.25) is 5.91 Å². The summed E-state index contributed by atoms with van der Waals surface area (Å²) in [6.07, 6.45) is 3.78. The SMILES string of the molecule is O=C(NC(Cc1ccccc1)C(=O)N1CCC2(CCNC2)CC1)c1ccccc1. The molecule has 0 radical (unpaired) electrons. The summed E-state index contributed by atoms with van der Waals surface area (Å²) in [5, 5.41) is 6.46. The van der Waals surface area contributed by atoms with Crippen molar-refractivity contribution in [1.82, 2.24) is 15.5 Å². The Hall–Kier alpha value is -2.66. The van der Waals surface area contributed by atoms with E-state index >= 15 is 0 Å². The fourth-order valence-electron chi connectivity index (χ4n) is 4.53. The number of nitrogens with one attached hydrogen (secondary N) is 2. The molecule has 2 aliphatic rings. The lowest BCUT2D eigenvalue weighted by Gasteiger charge is -2.40. The summed E-state index contributed by atoms with van der Waals surface area (Å²) in [5.41, 5.74) is 1.99. The maximum absolute atomic E-state index is 13.4. The number of nitrogens with zero attached hydrogens (tertiary/aromatic N) is 1. The topological polar surface area (TPSA) is 61.4 Å². The molecule has 0 bridgehead atoms. The van der Waals surface area contributed by atoms with Crippen molar-refractivity contribution in [3.63, 3.8) is 0 Å². The first-order valence-electron chi connectivity index (χ1n) is 10.5. The lowest BCUT2D eigenvalue weighted by molar-refractivity contribution is -0.135. The van der Waals surface area contributed by atoms with Crippen LogP contribution in [0.15, 0.2) is 60.7 Å². The summed E-state index contributed by atoms with van der Waals surface area (Å²) in [6.45, 7) is 3.69. The minimum Gasteiger partial charge on any atom is -0.341 e. The molecule has 152 valence electrons. The van der Waals surface area contributed by atoms with Crippen molar-refractivity contribution in [3.05, 3.63) is 71.8 Å². The summed E-state index contributed by atoms with van der Waals surface area (Å²) in [5.74, 6) is -0.174. The Bertz CT molecular complexity index is 822. The number of likely N-dealkylation sites (tertiary alicyclic amines) is 1. The average molecular weight is 392 g/mol. The molecule has 1 unspecified atom stereocenters. The molecule has 2 N–H and O–H groups in total. The first-order chi connectivity index (χ1) is 14.2. The minimum atomic E-state index is -0.555. The molecule has 0 aliphatic carbocycles. The highest BCUT2D eigenvalue weighted by Gasteiger charge is 2.39. The largest absolute Gasteiger partial charge is 0.341 e. The molecule has 1 atom stereocenters. The van der Waals surface area contributed by atoms with E-state index in [1.165, 1.54) is 6.42 Å². The summed E-state index contributed by atoms with van der Waals surface area (Å²) in [7, 11) is 0. The van der Waals surface area contributed by atoms with E-state index in [0.717, 1.165) is 44.6 Å². The fourth-order valence-corrected chi connectivity index (χ4v) is 4.53. The molecule has 1 spiro atoms. The van der Waals surface area contributed by atoms with Gasteiger partial charge in [0, 0.05) is 31.6 Å². The predicted molar refractivity (Wildman–Crippen MR) is 114 cm³/mol. The zero-order valence-corrected chi connectivity index (χ0v) is 16.8. The van der Waals surface area contributed by atoms with Crippen molar-refractivity contribution in [3.8, 4) is 0 Å². The monoisotopic (exact) mass is 391 g/mol. The molecular formula is C24H29N3O2. The van der Waals surface area contributed by atoms with Crippen LogP contribution in [-0.2, 0) is 11.2 Å². The maximum Gasteiger partial charge on any atom is 0.251 e. The van der Waals surface area contributed by atoms with Gasteiger partial charge in [-0.2, -0.15) is 0 Å². The number of carbonyl (C=O) groups is 2. The van der Waals surface area contributed by atoms with Crippen LogP contribution in [0.5, 0.6) is 0 Å². The van der Waals surface area contributed by atoms with Crippen LogP contribution >= 0.6 is 0 Å².